The standard InChI is InChI=1S/C17H23F3N4O3/c1-11(25)22-13-9-27-16(10-15(13,2)26)4-7-24(8-5-16)14-21-6-3-12(23-14)17(18,19)20/h3,6,13,26H,4-5,7-10H2,1-2H3,(H,22,25)/t13-,15-/m0/s1. The Hall–Kier alpha value is -1.94. The first kappa shape index (κ1) is 19.8. The van der Waals surface area contributed by atoms with Gasteiger partial charge in [-0.05, 0) is 25.8 Å². The van der Waals surface area contributed by atoms with Crippen LogP contribution in [0.2, 0.25) is 0 Å². The molecule has 0 aromatic carbocycles. The summed E-state index contributed by atoms with van der Waals surface area (Å²) in [6, 6.07) is 0.351. The Labute approximate surface area is 154 Å². The fourth-order valence-corrected chi connectivity index (χ4v) is 3.80. The van der Waals surface area contributed by atoms with Crippen LogP contribution in [0.25, 0.3) is 0 Å². The summed E-state index contributed by atoms with van der Waals surface area (Å²) >= 11 is 0. The van der Waals surface area contributed by atoms with Gasteiger partial charge in [-0.2, -0.15) is 13.2 Å². The Balaban J connectivity index is 1.66. The number of carbonyl (C=O) groups is 1. The maximum absolute atomic E-state index is 12.8. The van der Waals surface area contributed by atoms with Gasteiger partial charge in [-0.1, -0.05) is 0 Å². The smallest absolute Gasteiger partial charge is 0.388 e. The lowest BCUT2D eigenvalue weighted by Gasteiger charge is -2.51. The van der Waals surface area contributed by atoms with E-state index < -0.39 is 29.1 Å². The Morgan fingerprint density at radius 2 is 2.07 bits per heavy atom. The van der Waals surface area contributed by atoms with E-state index in [1.807, 2.05) is 0 Å². The quantitative estimate of drug-likeness (QED) is 0.799. The fraction of sp³-hybridized carbons (Fsp3) is 0.706. The van der Waals surface area contributed by atoms with Gasteiger partial charge in [0.05, 0.1) is 23.9 Å². The Kier molecular flexibility index (Phi) is 5.06. The first-order chi connectivity index (χ1) is 12.5. The molecule has 1 aromatic heterocycles. The van der Waals surface area contributed by atoms with Crippen LogP contribution in [0.1, 0.15) is 38.8 Å². The summed E-state index contributed by atoms with van der Waals surface area (Å²) in [5.74, 6) is -0.199. The summed E-state index contributed by atoms with van der Waals surface area (Å²) in [6.45, 7) is 4.07. The molecule has 27 heavy (non-hydrogen) atoms. The predicted molar refractivity (Wildman–Crippen MR) is 90.0 cm³/mol. The number of aromatic nitrogens is 2. The number of aliphatic hydroxyl groups is 1. The summed E-state index contributed by atoms with van der Waals surface area (Å²) in [5, 5.41) is 13.4. The zero-order valence-corrected chi connectivity index (χ0v) is 15.2. The molecule has 10 heteroatoms. The maximum Gasteiger partial charge on any atom is 0.433 e. The van der Waals surface area contributed by atoms with Crippen LogP contribution in [0.3, 0.4) is 0 Å². The largest absolute Gasteiger partial charge is 0.433 e. The number of halogens is 3. The van der Waals surface area contributed by atoms with E-state index in [2.05, 4.69) is 15.3 Å². The minimum Gasteiger partial charge on any atom is -0.388 e. The van der Waals surface area contributed by atoms with Crippen molar-refractivity contribution in [2.24, 2.45) is 0 Å². The van der Waals surface area contributed by atoms with E-state index in [9.17, 15) is 23.1 Å². The Bertz CT molecular complexity index is 703. The molecule has 2 saturated heterocycles. The van der Waals surface area contributed by atoms with Crippen molar-refractivity contribution in [2.75, 3.05) is 24.6 Å². The third-order valence-electron chi connectivity index (χ3n) is 5.26. The van der Waals surface area contributed by atoms with Gasteiger partial charge in [-0.3, -0.25) is 4.79 Å². The molecule has 2 fully saturated rings. The molecule has 150 valence electrons. The second-order valence-electron chi connectivity index (χ2n) is 7.51. The van der Waals surface area contributed by atoms with Crippen molar-refractivity contribution in [1.82, 2.24) is 15.3 Å². The van der Waals surface area contributed by atoms with Gasteiger partial charge in [-0.15, -0.1) is 0 Å². The molecule has 3 heterocycles. The van der Waals surface area contributed by atoms with Gasteiger partial charge in [0.1, 0.15) is 5.69 Å². The van der Waals surface area contributed by atoms with Crippen LogP contribution < -0.4 is 10.2 Å². The molecule has 0 aliphatic carbocycles. The van der Waals surface area contributed by atoms with Crippen LogP contribution in [0.15, 0.2) is 12.3 Å². The molecular formula is C17H23F3N4O3. The van der Waals surface area contributed by atoms with Gasteiger partial charge in [-0.25, -0.2) is 9.97 Å². The van der Waals surface area contributed by atoms with Crippen LogP contribution in [0.5, 0.6) is 0 Å². The van der Waals surface area contributed by atoms with Crippen LogP contribution in [0.4, 0.5) is 19.1 Å². The highest BCUT2D eigenvalue weighted by molar-refractivity contribution is 5.73. The average Bonchev–Trinajstić information content (AvgIpc) is 2.57. The maximum atomic E-state index is 12.8. The van der Waals surface area contributed by atoms with Crippen molar-refractivity contribution in [3.05, 3.63) is 18.0 Å². The van der Waals surface area contributed by atoms with Crippen molar-refractivity contribution in [2.45, 2.75) is 56.5 Å². The SMILES string of the molecule is CC(=O)N[C@H]1COC2(CCN(c3nccc(C(F)(F)F)n3)CC2)C[C@]1(C)O. The predicted octanol–water partition coefficient (Wildman–Crippen LogP) is 1.51. The number of ether oxygens (including phenoxy) is 1. The second-order valence-corrected chi connectivity index (χ2v) is 7.51. The molecule has 0 bridgehead atoms. The Morgan fingerprint density at radius 3 is 2.63 bits per heavy atom. The third-order valence-corrected chi connectivity index (χ3v) is 5.26. The molecule has 3 rings (SSSR count). The average molecular weight is 388 g/mol. The van der Waals surface area contributed by atoms with Crippen molar-refractivity contribution < 1.29 is 27.8 Å². The normalized spacial score (nSPS) is 28.2. The third kappa shape index (κ3) is 4.32. The van der Waals surface area contributed by atoms with E-state index in [-0.39, 0.29) is 18.5 Å². The molecule has 2 aliphatic heterocycles. The van der Waals surface area contributed by atoms with Crippen molar-refractivity contribution >= 4 is 11.9 Å². The number of rotatable bonds is 2. The minimum atomic E-state index is -4.52. The van der Waals surface area contributed by atoms with Crippen molar-refractivity contribution in [3.8, 4) is 0 Å². The van der Waals surface area contributed by atoms with Crippen LogP contribution in [-0.2, 0) is 15.7 Å². The van der Waals surface area contributed by atoms with E-state index in [1.54, 1.807) is 11.8 Å². The lowest BCUT2D eigenvalue weighted by Crippen LogP contribution is -2.63. The molecule has 1 amide bonds. The second kappa shape index (κ2) is 6.90. The highest BCUT2D eigenvalue weighted by atomic mass is 19.4. The molecule has 2 atom stereocenters. The highest BCUT2D eigenvalue weighted by Crippen LogP contribution is 2.40. The molecule has 1 aromatic rings. The first-order valence-corrected chi connectivity index (χ1v) is 8.79. The summed E-state index contributed by atoms with van der Waals surface area (Å²) in [4.78, 5) is 20.6. The number of amides is 1. The van der Waals surface area contributed by atoms with Crippen molar-refractivity contribution in [3.63, 3.8) is 0 Å². The summed E-state index contributed by atoms with van der Waals surface area (Å²) in [7, 11) is 0. The van der Waals surface area contributed by atoms with Gasteiger partial charge in [0.2, 0.25) is 11.9 Å². The topological polar surface area (TPSA) is 87.6 Å². The molecule has 2 aliphatic rings. The first-order valence-electron chi connectivity index (χ1n) is 8.79. The number of nitrogens with one attached hydrogen (secondary N) is 1. The van der Waals surface area contributed by atoms with Crippen LogP contribution in [0, 0.1) is 0 Å². The van der Waals surface area contributed by atoms with E-state index in [1.165, 1.54) is 6.92 Å². The monoisotopic (exact) mass is 388 g/mol. The molecule has 1 spiro atoms. The van der Waals surface area contributed by atoms with Gasteiger partial charge >= 0.3 is 6.18 Å². The number of hydrogen-bond donors (Lipinski definition) is 2. The Morgan fingerprint density at radius 1 is 1.41 bits per heavy atom. The summed E-state index contributed by atoms with van der Waals surface area (Å²) < 4.78 is 44.5. The van der Waals surface area contributed by atoms with E-state index in [4.69, 9.17) is 4.74 Å². The molecule has 0 unspecified atom stereocenters. The zero-order valence-electron chi connectivity index (χ0n) is 15.2. The van der Waals surface area contributed by atoms with Crippen molar-refractivity contribution in [1.29, 1.82) is 0 Å². The minimum absolute atomic E-state index is 0.0402. The lowest BCUT2D eigenvalue weighted by molar-refractivity contribution is -0.180. The lowest BCUT2D eigenvalue weighted by atomic mass is 9.76. The van der Waals surface area contributed by atoms with Crippen LogP contribution >= 0.6 is 0 Å². The van der Waals surface area contributed by atoms with Gasteiger partial charge in [0.15, 0.2) is 0 Å². The van der Waals surface area contributed by atoms with E-state index in [0.29, 0.717) is 32.4 Å². The highest BCUT2D eigenvalue weighted by Gasteiger charge is 2.49. The summed E-state index contributed by atoms with van der Waals surface area (Å²) in [5.41, 5.74) is -2.67. The van der Waals surface area contributed by atoms with Gasteiger partial charge < -0.3 is 20.1 Å². The zero-order chi connectivity index (χ0) is 19.9. The molecular weight excluding hydrogens is 365 g/mol. The van der Waals surface area contributed by atoms with E-state index >= 15 is 0 Å². The molecule has 7 nitrogen and oxygen atoms in total. The fourth-order valence-electron chi connectivity index (χ4n) is 3.80. The molecule has 2 N–H and O–H groups in total. The van der Waals surface area contributed by atoms with Gasteiger partial charge in [0.25, 0.3) is 0 Å². The van der Waals surface area contributed by atoms with Gasteiger partial charge in [0, 0.05) is 32.6 Å². The number of hydrogen-bond acceptors (Lipinski definition) is 6. The number of piperidine rings is 1. The number of carbonyl (C=O) groups excluding carboxylic acids is 1. The number of nitrogens with zero attached hydrogens (tertiary/aromatic N) is 3. The summed E-state index contributed by atoms with van der Waals surface area (Å²) in [6.07, 6.45) is -2.03. The number of alkyl halides is 3. The number of anilines is 1. The molecule has 0 radical (unpaired) electrons. The van der Waals surface area contributed by atoms with E-state index in [0.717, 1.165) is 12.3 Å². The molecule has 0 saturated carbocycles. The van der Waals surface area contributed by atoms with Crippen LogP contribution in [-0.4, -0.2) is 57.9 Å².